The Kier molecular flexibility index (Phi) is 7.72. The molecule has 144 valence electrons. The third-order valence-corrected chi connectivity index (χ3v) is 3.60. The Morgan fingerprint density at radius 2 is 1.88 bits per heavy atom. The van der Waals surface area contributed by atoms with E-state index in [1.807, 2.05) is 0 Å². The van der Waals surface area contributed by atoms with Crippen LogP contribution in [0.5, 0.6) is 0 Å². The Labute approximate surface area is 149 Å². The molecule has 3 atom stereocenters. The van der Waals surface area contributed by atoms with Gasteiger partial charge in [-0.3, -0.25) is 14.4 Å². The third kappa shape index (κ3) is 6.51. The van der Waals surface area contributed by atoms with Gasteiger partial charge in [0, 0.05) is 18.3 Å². The standard InChI is InChI=1S/C15H24N6O5/c1-7(2)12(14(24)20-10(15(25)26)4-11(17)22)21-13(23)9(16)3-8-5-18-6-19-8/h5-7,9-10,12H,3-4,16H2,1-2H3,(H2,17,22)(H,18,19)(H,20,24)(H,21,23)(H,25,26). The van der Waals surface area contributed by atoms with E-state index in [9.17, 15) is 19.2 Å². The van der Waals surface area contributed by atoms with Crippen LogP contribution >= 0.6 is 0 Å². The van der Waals surface area contributed by atoms with E-state index in [1.54, 1.807) is 13.8 Å². The smallest absolute Gasteiger partial charge is 0.326 e. The minimum atomic E-state index is -1.48. The van der Waals surface area contributed by atoms with Gasteiger partial charge in [0.1, 0.15) is 12.1 Å². The number of aromatic nitrogens is 2. The van der Waals surface area contributed by atoms with Gasteiger partial charge < -0.3 is 32.2 Å². The van der Waals surface area contributed by atoms with E-state index in [-0.39, 0.29) is 12.3 Å². The van der Waals surface area contributed by atoms with Crippen molar-refractivity contribution in [2.24, 2.45) is 17.4 Å². The van der Waals surface area contributed by atoms with Gasteiger partial charge >= 0.3 is 5.97 Å². The zero-order valence-corrected chi connectivity index (χ0v) is 14.6. The molecule has 0 bridgehead atoms. The molecule has 0 saturated heterocycles. The van der Waals surface area contributed by atoms with Crippen LogP contribution in [0.25, 0.3) is 0 Å². The number of primary amides is 1. The maximum atomic E-state index is 12.4. The monoisotopic (exact) mass is 368 g/mol. The van der Waals surface area contributed by atoms with Crippen LogP contribution in [0, 0.1) is 5.92 Å². The largest absolute Gasteiger partial charge is 0.480 e. The topological polar surface area (TPSA) is 193 Å². The number of aromatic amines is 1. The van der Waals surface area contributed by atoms with Crippen LogP contribution in [0.3, 0.4) is 0 Å². The van der Waals surface area contributed by atoms with Crippen molar-refractivity contribution in [2.75, 3.05) is 0 Å². The number of carbonyl (C=O) groups is 4. The van der Waals surface area contributed by atoms with Crippen molar-refractivity contribution in [3.63, 3.8) is 0 Å². The molecule has 1 heterocycles. The first-order chi connectivity index (χ1) is 12.1. The predicted molar refractivity (Wildman–Crippen MR) is 90.4 cm³/mol. The fraction of sp³-hybridized carbons (Fsp3) is 0.533. The summed E-state index contributed by atoms with van der Waals surface area (Å²) in [6.45, 7) is 3.35. The summed E-state index contributed by atoms with van der Waals surface area (Å²) in [6.07, 6.45) is 2.62. The first-order valence-corrected chi connectivity index (χ1v) is 7.96. The third-order valence-electron chi connectivity index (χ3n) is 3.60. The van der Waals surface area contributed by atoms with Gasteiger partial charge in [-0.15, -0.1) is 0 Å². The quantitative estimate of drug-likeness (QED) is 0.271. The molecule has 0 aliphatic heterocycles. The molecule has 1 aromatic heterocycles. The van der Waals surface area contributed by atoms with Crippen molar-refractivity contribution < 1.29 is 24.3 Å². The Morgan fingerprint density at radius 3 is 2.35 bits per heavy atom. The number of hydrogen-bond acceptors (Lipinski definition) is 6. The molecule has 3 amide bonds. The zero-order valence-electron chi connectivity index (χ0n) is 14.6. The number of carbonyl (C=O) groups excluding carboxylic acids is 3. The van der Waals surface area contributed by atoms with E-state index >= 15 is 0 Å². The van der Waals surface area contributed by atoms with Crippen LogP contribution in [0.4, 0.5) is 0 Å². The SMILES string of the molecule is CC(C)C(NC(=O)C(N)Cc1cnc[nH]1)C(=O)NC(CC(N)=O)C(=O)O. The van der Waals surface area contributed by atoms with Crippen LogP contribution < -0.4 is 22.1 Å². The van der Waals surface area contributed by atoms with Crippen LogP contribution in [-0.2, 0) is 25.6 Å². The highest BCUT2D eigenvalue weighted by atomic mass is 16.4. The molecule has 0 aromatic carbocycles. The Bertz CT molecular complexity index is 645. The molecule has 26 heavy (non-hydrogen) atoms. The van der Waals surface area contributed by atoms with Crippen LogP contribution in [0.15, 0.2) is 12.5 Å². The molecule has 0 fully saturated rings. The Balaban J connectivity index is 2.74. The summed E-state index contributed by atoms with van der Waals surface area (Å²) in [4.78, 5) is 53.3. The van der Waals surface area contributed by atoms with Crippen molar-refractivity contribution in [2.45, 2.75) is 44.8 Å². The van der Waals surface area contributed by atoms with E-state index in [0.29, 0.717) is 5.69 Å². The van der Waals surface area contributed by atoms with Crippen LogP contribution in [0.1, 0.15) is 26.0 Å². The lowest BCUT2D eigenvalue weighted by molar-refractivity contribution is -0.144. The lowest BCUT2D eigenvalue weighted by Gasteiger charge is -2.25. The highest BCUT2D eigenvalue weighted by Crippen LogP contribution is 2.05. The lowest BCUT2D eigenvalue weighted by atomic mass is 10.0. The van der Waals surface area contributed by atoms with Gasteiger partial charge in [-0.1, -0.05) is 13.8 Å². The number of hydrogen-bond donors (Lipinski definition) is 6. The first kappa shape index (κ1) is 21.1. The van der Waals surface area contributed by atoms with Crippen LogP contribution in [0.2, 0.25) is 0 Å². The predicted octanol–water partition coefficient (Wildman–Crippen LogP) is -2.13. The number of nitrogens with two attached hydrogens (primary N) is 2. The second kappa shape index (κ2) is 9.51. The lowest BCUT2D eigenvalue weighted by Crippen LogP contribution is -2.57. The molecule has 11 heteroatoms. The van der Waals surface area contributed by atoms with E-state index in [0.717, 1.165) is 0 Å². The summed E-state index contributed by atoms with van der Waals surface area (Å²) < 4.78 is 0. The van der Waals surface area contributed by atoms with Crippen molar-refractivity contribution in [3.8, 4) is 0 Å². The van der Waals surface area contributed by atoms with E-state index in [4.69, 9.17) is 16.6 Å². The minimum Gasteiger partial charge on any atom is -0.480 e. The van der Waals surface area contributed by atoms with Gasteiger partial charge in [0.2, 0.25) is 17.7 Å². The van der Waals surface area contributed by atoms with Crippen molar-refractivity contribution in [1.82, 2.24) is 20.6 Å². The van der Waals surface area contributed by atoms with E-state index in [2.05, 4.69) is 20.6 Å². The molecular formula is C15H24N6O5. The number of carboxylic acid groups (broad SMARTS) is 1. The minimum absolute atomic E-state index is 0.192. The number of carboxylic acids is 1. The summed E-state index contributed by atoms with van der Waals surface area (Å²) in [5.41, 5.74) is 11.5. The first-order valence-electron chi connectivity index (χ1n) is 7.96. The average Bonchev–Trinajstić information content (AvgIpc) is 3.03. The molecule has 8 N–H and O–H groups in total. The molecular weight excluding hydrogens is 344 g/mol. The van der Waals surface area contributed by atoms with Crippen LogP contribution in [-0.4, -0.2) is 56.9 Å². The summed E-state index contributed by atoms with van der Waals surface area (Å²) in [5.74, 6) is -3.93. The van der Waals surface area contributed by atoms with E-state index in [1.165, 1.54) is 12.5 Å². The number of rotatable bonds is 10. The van der Waals surface area contributed by atoms with Gasteiger partial charge in [0.15, 0.2) is 0 Å². The zero-order chi connectivity index (χ0) is 19.9. The normalized spacial score (nSPS) is 14.3. The molecule has 0 spiro atoms. The molecule has 3 unspecified atom stereocenters. The average molecular weight is 368 g/mol. The summed E-state index contributed by atoms with van der Waals surface area (Å²) in [7, 11) is 0. The Hall–Kier alpha value is -2.95. The summed E-state index contributed by atoms with van der Waals surface area (Å²) in [5, 5.41) is 13.8. The number of nitrogens with zero attached hydrogens (tertiary/aromatic N) is 1. The van der Waals surface area contributed by atoms with Gasteiger partial charge in [-0.25, -0.2) is 9.78 Å². The number of amides is 3. The highest BCUT2D eigenvalue weighted by Gasteiger charge is 2.30. The molecule has 1 aromatic rings. The van der Waals surface area contributed by atoms with E-state index < -0.39 is 48.2 Å². The second-order valence-electron chi connectivity index (χ2n) is 6.19. The van der Waals surface area contributed by atoms with Gasteiger partial charge in [0.25, 0.3) is 0 Å². The number of imidazole rings is 1. The number of H-pyrrole nitrogens is 1. The van der Waals surface area contributed by atoms with Crippen molar-refractivity contribution in [1.29, 1.82) is 0 Å². The molecule has 1 rings (SSSR count). The molecule has 0 aliphatic carbocycles. The highest BCUT2D eigenvalue weighted by molar-refractivity contribution is 5.93. The number of nitrogens with one attached hydrogen (secondary N) is 3. The van der Waals surface area contributed by atoms with Crippen molar-refractivity contribution in [3.05, 3.63) is 18.2 Å². The fourth-order valence-electron chi connectivity index (χ4n) is 2.18. The second-order valence-corrected chi connectivity index (χ2v) is 6.19. The van der Waals surface area contributed by atoms with Gasteiger partial charge in [-0.05, 0) is 5.92 Å². The molecule has 0 aliphatic rings. The van der Waals surface area contributed by atoms with Gasteiger partial charge in [-0.2, -0.15) is 0 Å². The molecule has 0 radical (unpaired) electrons. The van der Waals surface area contributed by atoms with Crippen molar-refractivity contribution >= 4 is 23.7 Å². The summed E-state index contributed by atoms with van der Waals surface area (Å²) >= 11 is 0. The summed E-state index contributed by atoms with van der Waals surface area (Å²) in [6, 6.07) is -3.42. The molecule has 0 saturated carbocycles. The van der Waals surface area contributed by atoms with Gasteiger partial charge in [0.05, 0.1) is 18.8 Å². The maximum absolute atomic E-state index is 12.4. The number of aliphatic carboxylic acids is 1. The molecule has 11 nitrogen and oxygen atoms in total. The fourth-order valence-corrected chi connectivity index (χ4v) is 2.18. The maximum Gasteiger partial charge on any atom is 0.326 e. The Morgan fingerprint density at radius 1 is 1.23 bits per heavy atom.